The van der Waals surface area contributed by atoms with Gasteiger partial charge in [0.2, 0.25) is 0 Å². The van der Waals surface area contributed by atoms with Crippen molar-refractivity contribution in [2.24, 2.45) is 11.8 Å². The molecule has 2 atom stereocenters. The molecule has 1 aliphatic carbocycles. The third kappa shape index (κ3) is 1.59. The first-order valence-electron chi connectivity index (χ1n) is 3.91. The van der Waals surface area contributed by atoms with Gasteiger partial charge in [-0.05, 0) is 19.8 Å². The molecule has 62 valence electrons. The molecule has 11 heavy (non-hydrogen) atoms. The van der Waals surface area contributed by atoms with Gasteiger partial charge in [0, 0.05) is 5.92 Å². The summed E-state index contributed by atoms with van der Waals surface area (Å²) in [6.45, 7) is 2.17. The van der Waals surface area contributed by atoms with Crippen molar-refractivity contribution in [1.82, 2.24) is 0 Å². The van der Waals surface area contributed by atoms with Gasteiger partial charge in [-0.2, -0.15) is 0 Å². The smallest absolute Gasteiger partial charge is 0.309 e. The Kier molecular flexibility index (Phi) is 2.63. The highest BCUT2D eigenvalue weighted by Gasteiger charge is 2.37. The van der Waals surface area contributed by atoms with Gasteiger partial charge in [-0.15, -0.1) is 0 Å². The first-order valence-corrected chi connectivity index (χ1v) is 3.91. The highest BCUT2D eigenvalue weighted by molar-refractivity contribution is 5.78. The molecule has 0 aromatic carbocycles. The van der Waals surface area contributed by atoms with Crippen molar-refractivity contribution in [2.75, 3.05) is 6.61 Å². The van der Waals surface area contributed by atoms with Gasteiger partial charge < -0.3 is 9.53 Å². The number of esters is 1. The normalized spacial score (nSPS) is 28.8. The van der Waals surface area contributed by atoms with Crippen molar-refractivity contribution >= 4 is 12.3 Å². The van der Waals surface area contributed by atoms with Crippen molar-refractivity contribution in [3.05, 3.63) is 0 Å². The van der Waals surface area contributed by atoms with E-state index in [9.17, 15) is 9.59 Å². The Morgan fingerprint density at radius 2 is 2.36 bits per heavy atom. The topological polar surface area (TPSA) is 43.4 Å². The summed E-state index contributed by atoms with van der Waals surface area (Å²) >= 11 is 0. The van der Waals surface area contributed by atoms with E-state index in [-0.39, 0.29) is 17.8 Å². The molecule has 3 nitrogen and oxygen atoms in total. The van der Waals surface area contributed by atoms with Crippen LogP contribution in [-0.4, -0.2) is 18.9 Å². The molecule has 0 bridgehead atoms. The number of hydrogen-bond acceptors (Lipinski definition) is 3. The number of hydrogen-bond donors (Lipinski definition) is 0. The fourth-order valence-electron chi connectivity index (χ4n) is 1.23. The highest BCUT2D eigenvalue weighted by atomic mass is 16.5. The summed E-state index contributed by atoms with van der Waals surface area (Å²) in [5.74, 6) is -0.433. The second-order valence-electron chi connectivity index (χ2n) is 2.74. The van der Waals surface area contributed by atoms with E-state index in [1.807, 2.05) is 0 Å². The Balaban J connectivity index is 2.35. The first-order chi connectivity index (χ1) is 5.29. The lowest BCUT2D eigenvalue weighted by molar-refractivity contribution is -0.155. The minimum absolute atomic E-state index is 0.0750. The molecule has 0 amide bonds. The van der Waals surface area contributed by atoms with E-state index in [4.69, 9.17) is 4.74 Å². The van der Waals surface area contributed by atoms with Crippen molar-refractivity contribution in [2.45, 2.75) is 19.8 Å². The summed E-state index contributed by atoms with van der Waals surface area (Å²) < 4.78 is 4.78. The van der Waals surface area contributed by atoms with Gasteiger partial charge in [-0.1, -0.05) is 0 Å². The lowest BCUT2D eigenvalue weighted by Crippen LogP contribution is -2.35. The lowest BCUT2D eigenvalue weighted by Gasteiger charge is -2.29. The molecule has 0 N–H and O–H groups in total. The van der Waals surface area contributed by atoms with E-state index in [2.05, 4.69) is 0 Å². The Morgan fingerprint density at radius 1 is 1.64 bits per heavy atom. The van der Waals surface area contributed by atoms with E-state index in [1.165, 1.54) is 0 Å². The van der Waals surface area contributed by atoms with Crippen molar-refractivity contribution < 1.29 is 14.3 Å². The zero-order valence-electron chi connectivity index (χ0n) is 6.58. The van der Waals surface area contributed by atoms with Crippen molar-refractivity contribution in [1.29, 1.82) is 0 Å². The van der Waals surface area contributed by atoms with Crippen LogP contribution in [0.4, 0.5) is 0 Å². The standard InChI is InChI=1S/C8H12O3/c1-2-11-8(10)7-4-3-6(7)5-9/h5-7H,2-4H2,1H3. The van der Waals surface area contributed by atoms with Gasteiger partial charge in [0.1, 0.15) is 6.29 Å². The molecule has 0 aromatic rings. The maximum Gasteiger partial charge on any atom is 0.309 e. The lowest BCUT2D eigenvalue weighted by atomic mass is 9.75. The summed E-state index contributed by atoms with van der Waals surface area (Å²) in [5.41, 5.74) is 0. The largest absolute Gasteiger partial charge is 0.466 e. The molecular weight excluding hydrogens is 144 g/mol. The van der Waals surface area contributed by atoms with E-state index < -0.39 is 0 Å². The molecule has 0 spiro atoms. The molecule has 1 fully saturated rings. The van der Waals surface area contributed by atoms with E-state index >= 15 is 0 Å². The molecule has 0 saturated heterocycles. The molecule has 0 aromatic heterocycles. The number of carbonyl (C=O) groups excluding carboxylic acids is 2. The molecular formula is C8H12O3. The third-order valence-electron chi connectivity index (χ3n) is 2.09. The predicted molar refractivity (Wildman–Crippen MR) is 38.9 cm³/mol. The number of aldehydes is 1. The molecule has 0 radical (unpaired) electrons. The fourth-order valence-corrected chi connectivity index (χ4v) is 1.23. The monoisotopic (exact) mass is 156 g/mol. The van der Waals surface area contributed by atoms with Gasteiger partial charge in [-0.25, -0.2) is 0 Å². The summed E-state index contributed by atoms with van der Waals surface area (Å²) in [4.78, 5) is 21.3. The minimum atomic E-state index is -0.212. The van der Waals surface area contributed by atoms with E-state index in [0.29, 0.717) is 6.61 Å². The van der Waals surface area contributed by atoms with Gasteiger partial charge in [0.15, 0.2) is 0 Å². The number of rotatable bonds is 3. The van der Waals surface area contributed by atoms with Gasteiger partial charge >= 0.3 is 5.97 Å². The van der Waals surface area contributed by atoms with Crippen LogP contribution < -0.4 is 0 Å². The van der Waals surface area contributed by atoms with Crippen LogP contribution >= 0.6 is 0 Å². The Labute approximate surface area is 65.7 Å². The van der Waals surface area contributed by atoms with Gasteiger partial charge in [0.05, 0.1) is 12.5 Å². The molecule has 1 rings (SSSR count). The Morgan fingerprint density at radius 3 is 2.73 bits per heavy atom. The molecule has 3 heteroatoms. The van der Waals surface area contributed by atoms with Crippen LogP contribution in [0, 0.1) is 11.8 Å². The zero-order chi connectivity index (χ0) is 8.27. The van der Waals surface area contributed by atoms with Crippen LogP contribution in [0.25, 0.3) is 0 Å². The van der Waals surface area contributed by atoms with E-state index in [1.54, 1.807) is 6.92 Å². The molecule has 1 aliphatic rings. The summed E-state index contributed by atoms with van der Waals surface area (Å²) in [7, 11) is 0. The average molecular weight is 156 g/mol. The zero-order valence-corrected chi connectivity index (χ0v) is 6.58. The third-order valence-corrected chi connectivity index (χ3v) is 2.09. The maximum absolute atomic E-state index is 11.0. The van der Waals surface area contributed by atoms with Gasteiger partial charge in [-0.3, -0.25) is 4.79 Å². The van der Waals surface area contributed by atoms with Crippen molar-refractivity contribution in [3.8, 4) is 0 Å². The highest BCUT2D eigenvalue weighted by Crippen LogP contribution is 2.33. The Bertz CT molecular complexity index is 165. The number of carbonyl (C=O) groups is 2. The molecule has 1 saturated carbocycles. The quantitative estimate of drug-likeness (QED) is 0.448. The van der Waals surface area contributed by atoms with Crippen LogP contribution in [0.3, 0.4) is 0 Å². The summed E-state index contributed by atoms with van der Waals surface area (Å²) in [6.07, 6.45) is 2.50. The van der Waals surface area contributed by atoms with Crippen LogP contribution in [-0.2, 0) is 14.3 Å². The maximum atomic E-state index is 11.0. The van der Waals surface area contributed by atoms with Gasteiger partial charge in [0.25, 0.3) is 0 Å². The molecule has 0 aliphatic heterocycles. The van der Waals surface area contributed by atoms with E-state index in [0.717, 1.165) is 19.1 Å². The van der Waals surface area contributed by atoms with Crippen molar-refractivity contribution in [3.63, 3.8) is 0 Å². The van der Waals surface area contributed by atoms with Crippen LogP contribution in [0.15, 0.2) is 0 Å². The van der Waals surface area contributed by atoms with Crippen LogP contribution in [0.1, 0.15) is 19.8 Å². The Hall–Kier alpha value is -0.860. The molecule has 2 unspecified atom stereocenters. The average Bonchev–Trinajstić information content (AvgIpc) is 1.86. The fraction of sp³-hybridized carbons (Fsp3) is 0.750. The second-order valence-corrected chi connectivity index (χ2v) is 2.74. The second kappa shape index (κ2) is 3.51. The number of ether oxygens (including phenoxy) is 1. The molecule has 0 heterocycles. The van der Waals surface area contributed by atoms with Crippen LogP contribution in [0.5, 0.6) is 0 Å². The summed E-state index contributed by atoms with van der Waals surface area (Å²) in [5, 5.41) is 0. The minimum Gasteiger partial charge on any atom is -0.466 e. The summed E-state index contributed by atoms with van der Waals surface area (Å²) in [6, 6.07) is 0. The first kappa shape index (κ1) is 8.24. The SMILES string of the molecule is CCOC(=O)C1CCC1C=O. The predicted octanol–water partition coefficient (Wildman–Crippen LogP) is 0.775. The van der Waals surface area contributed by atoms with Crippen LogP contribution in [0.2, 0.25) is 0 Å².